The van der Waals surface area contributed by atoms with E-state index in [9.17, 15) is 0 Å². The molecule has 94 valence electrons. The van der Waals surface area contributed by atoms with E-state index in [0.717, 1.165) is 6.42 Å². The van der Waals surface area contributed by atoms with Crippen LogP contribution < -0.4 is 0 Å². The molecule has 0 spiro atoms. The lowest BCUT2D eigenvalue weighted by atomic mass is 9.91. The molecule has 0 nitrogen and oxygen atoms in total. The minimum Gasteiger partial charge on any atom is -0.152 e. The van der Waals surface area contributed by atoms with Crippen molar-refractivity contribution in [3.8, 4) is 0 Å². The van der Waals surface area contributed by atoms with Crippen LogP contribution in [0.15, 0.2) is 41.1 Å². The zero-order valence-electron chi connectivity index (χ0n) is 10.3. The number of alkyl halides is 1. The Labute approximate surface area is 118 Å². The van der Waals surface area contributed by atoms with Gasteiger partial charge in [0.05, 0.1) is 5.38 Å². The van der Waals surface area contributed by atoms with Gasteiger partial charge in [0.1, 0.15) is 0 Å². The maximum absolute atomic E-state index is 6.74. The molecular weight excluding hydrogens is 260 g/mol. The molecule has 1 aromatic heterocycles. The van der Waals surface area contributed by atoms with E-state index in [1.54, 1.807) is 11.3 Å². The Morgan fingerprint density at radius 2 is 2.11 bits per heavy atom. The lowest BCUT2D eigenvalue weighted by Crippen LogP contribution is -2.10. The summed E-state index contributed by atoms with van der Waals surface area (Å²) in [4.78, 5) is 0. The minimum absolute atomic E-state index is 0.170. The van der Waals surface area contributed by atoms with Crippen LogP contribution in [0.2, 0.25) is 0 Å². The summed E-state index contributed by atoms with van der Waals surface area (Å²) in [6.45, 7) is 0. The zero-order valence-corrected chi connectivity index (χ0v) is 11.9. The molecule has 0 bridgehead atoms. The highest BCUT2D eigenvalue weighted by Gasteiger charge is 2.25. The Bertz CT molecular complexity index is 504. The standard InChI is InChI=1S/C16H17ClS/c17-16-14(10-12-8-9-18-11-12)6-3-5-13-4-1-2-7-15(13)16/h1-2,4,7-9,11,14,16H,3,5-6,10H2. The molecule has 0 amide bonds. The summed E-state index contributed by atoms with van der Waals surface area (Å²) in [5, 5.41) is 4.58. The number of thiophene rings is 1. The van der Waals surface area contributed by atoms with Gasteiger partial charge in [-0.2, -0.15) is 11.3 Å². The number of hydrogen-bond donors (Lipinski definition) is 0. The first-order chi connectivity index (χ1) is 8.84. The summed E-state index contributed by atoms with van der Waals surface area (Å²) in [5.41, 5.74) is 4.25. The zero-order chi connectivity index (χ0) is 12.4. The van der Waals surface area contributed by atoms with Crippen LogP contribution in [-0.4, -0.2) is 0 Å². The Balaban J connectivity index is 1.85. The molecule has 2 heteroatoms. The maximum atomic E-state index is 6.74. The molecule has 2 unspecified atom stereocenters. The molecule has 0 saturated carbocycles. The van der Waals surface area contributed by atoms with E-state index in [1.165, 1.54) is 36.0 Å². The fourth-order valence-electron chi connectivity index (χ4n) is 2.90. The smallest absolute Gasteiger partial charge is 0.0619 e. The van der Waals surface area contributed by atoms with E-state index < -0.39 is 0 Å². The van der Waals surface area contributed by atoms with Gasteiger partial charge in [0.15, 0.2) is 0 Å². The molecule has 0 radical (unpaired) electrons. The van der Waals surface area contributed by atoms with E-state index in [0.29, 0.717) is 5.92 Å². The highest BCUT2D eigenvalue weighted by molar-refractivity contribution is 7.07. The SMILES string of the molecule is ClC1c2ccccc2CCCC1Cc1ccsc1. The Hall–Kier alpha value is -0.790. The maximum Gasteiger partial charge on any atom is 0.0619 e. The third-order valence-electron chi connectivity index (χ3n) is 3.87. The number of hydrogen-bond acceptors (Lipinski definition) is 1. The number of rotatable bonds is 2. The van der Waals surface area contributed by atoms with Crippen molar-refractivity contribution < 1.29 is 0 Å². The summed E-state index contributed by atoms with van der Waals surface area (Å²) in [6, 6.07) is 10.9. The van der Waals surface area contributed by atoms with Gasteiger partial charge in [0.2, 0.25) is 0 Å². The van der Waals surface area contributed by atoms with Crippen molar-refractivity contribution in [2.45, 2.75) is 31.1 Å². The van der Waals surface area contributed by atoms with Crippen molar-refractivity contribution in [2.75, 3.05) is 0 Å². The fraction of sp³-hybridized carbons (Fsp3) is 0.375. The molecule has 0 N–H and O–H groups in total. The van der Waals surface area contributed by atoms with Gasteiger partial charge in [0, 0.05) is 0 Å². The van der Waals surface area contributed by atoms with Crippen molar-refractivity contribution >= 4 is 22.9 Å². The van der Waals surface area contributed by atoms with Crippen molar-refractivity contribution in [1.29, 1.82) is 0 Å². The first kappa shape index (κ1) is 12.3. The number of aryl methyl sites for hydroxylation is 1. The van der Waals surface area contributed by atoms with Crippen molar-refractivity contribution in [3.63, 3.8) is 0 Å². The Kier molecular flexibility index (Phi) is 3.72. The van der Waals surface area contributed by atoms with E-state index in [1.807, 2.05) is 0 Å². The van der Waals surface area contributed by atoms with Crippen LogP contribution in [0.4, 0.5) is 0 Å². The van der Waals surface area contributed by atoms with Gasteiger partial charge in [-0.15, -0.1) is 11.6 Å². The third-order valence-corrected chi connectivity index (χ3v) is 5.19. The highest BCUT2D eigenvalue weighted by Crippen LogP contribution is 2.39. The first-order valence-electron chi connectivity index (χ1n) is 6.57. The Morgan fingerprint density at radius 3 is 2.94 bits per heavy atom. The molecule has 18 heavy (non-hydrogen) atoms. The summed E-state index contributed by atoms with van der Waals surface area (Å²) in [7, 11) is 0. The van der Waals surface area contributed by atoms with E-state index in [4.69, 9.17) is 11.6 Å². The van der Waals surface area contributed by atoms with Gasteiger partial charge in [-0.1, -0.05) is 24.3 Å². The molecule has 1 heterocycles. The molecular formula is C16H17ClS. The summed E-state index contributed by atoms with van der Waals surface area (Å²) < 4.78 is 0. The van der Waals surface area contributed by atoms with Gasteiger partial charge in [-0.25, -0.2) is 0 Å². The second-order valence-electron chi connectivity index (χ2n) is 5.09. The van der Waals surface area contributed by atoms with Crippen LogP contribution in [-0.2, 0) is 12.8 Å². The molecule has 2 atom stereocenters. The van der Waals surface area contributed by atoms with E-state index >= 15 is 0 Å². The van der Waals surface area contributed by atoms with Gasteiger partial charge in [-0.3, -0.25) is 0 Å². The van der Waals surface area contributed by atoms with Crippen LogP contribution in [0, 0.1) is 5.92 Å². The lowest BCUT2D eigenvalue weighted by Gasteiger charge is -2.20. The first-order valence-corrected chi connectivity index (χ1v) is 7.95. The molecule has 0 saturated heterocycles. The highest BCUT2D eigenvalue weighted by atomic mass is 35.5. The predicted octanol–water partition coefficient (Wildman–Crippen LogP) is 5.22. The van der Waals surface area contributed by atoms with E-state index in [-0.39, 0.29) is 5.38 Å². The second-order valence-corrected chi connectivity index (χ2v) is 6.34. The van der Waals surface area contributed by atoms with Gasteiger partial charge in [0.25, 0.3) is 0 Å². The van der Waals surface area contributed by atoms with Crippen LogP contribution in [0.25, 0.3) is 0 Å². The van der Waals surface area contributed by atoms with Gasteiger partial charge in [-0.05, 0) is 65.1 Å². The monoisotopic (exact) mass is 276 g/mol. The molecule has 1 aliphatic carbocycles. The molecule has 3 rings (SSSR count). The summed E-state index contributed by atoms with van der Waals surface area (Å²) in [6.07, 6.45) is 4.79. The third kappa shape index (κ3) is 2.48. The topological polar surface area (TPSA) is 0 Å². The average Bonchev–Trinajstić information content (AvgIpc) is 2.85. The largest absolute Gasteiger partial charge is 0.152 e. The quantitative estimate of drug-likeness (QED) is 0.521. The fourth-order valence-corrected chi connectivity index (χ4v) is 4.01. The van der Waals surface area contributed by atoms with Crippen molar-refractivity contribution in [1.82, 2.24) is 0 Å². The molecule has 2 aromatic rings. The van der Waals surface area contributed by atoms with Gasteiger partial charge >= 0.3 is 0 Å². The van der Waals surface area contributed by atoms with Gasteiger partial charge < -0.3 is 0 Å². The normalized spacial score (nSPS) is 23.4. The van der Waals surface area contributed by atoms with Crippen LogP contribution in [0.5, 0.6) is 0 Å². The Morgan fingerprint density at radius 1 is 1.22 bits per heavy atom. The summed E-state index contributed by atoms with van der Waals surface area (Å²) in [5.74, 6) is 0.574. The predicted molar refractivity (Wildman–Crippen MR) is 79.5 cm³/mol. The molecule has 0 aliphatic heterocycles. The van der Waals surface area contributed by atoms with Crippen molar-refractivity contribution in [3.05, 3.63) is 57.8 Å². The average molecular weight is 277 g/mol. The lowest BCUT2D eigenvalue weighted by molar-refractivity contribution is 0.466. The molecule has 0 fully saturated rings. The van der Waals surface area contributed by atoms with E-state index in [2.05, 4.69) is 41.1 Å². The van der Waals surface area contributed by atoms with Crippen LogP contribution in [0.1, 0.15) is 34.9 Å². The second kappa shape index (κ2) is 5.46. The molecule has 1 aromatic carbocycles. The van der Waals surface area contributed by atoms with Crippen LogP contribution >= 0.6 is 22.9 Å². The van der Waals surface area contributed by atoms with Crippen LogP contribution in [0.3, 0.4) is 0 Å². The summed E-state index contributed by atoms with van der Waals surface area (Å²) >= 11 is 8.52. The number of benzene rings is 1. The number of halogens is 1. The van der Waals surface area contributed by atoms with Crippen molar-refractivity contribution in [2.24, 2.45) is 5.92 Å². The number of fused-ring (bicyclic) bond motifs is 1. The minimum atomic E-state index is 0.170. The molecule has 1 aliphatic rings.